The topological polar surface area (TPSA) is 106 Å². The van der Waals surface area contributed by atoms with Crippen LogP contribution < -0.4 is 25.5 Å². The predicted octanol–water partition coefficient (Wildman–Crippen LogP) is 2.21. The number of hydrazone groups is 1. The molecule has 170 valence electrons. The second kappa shape index (κ2) is 10.0. The molecule has 1 aliphatic heterocycles. The minimum Gasteiger partial charge on any atom is -0.493 e. The number of methoxy groups -OCH3 is 1. The van der Waals surface area contributed by atoms with Gasteiger partial charge in [-0.15, -0.1) is 0 Å². The van der Waals surface area contributed by atoms with E-state index in [1.54, 1.807) is 6.07 Å². The number of alkyl halides is 2. The fraction of sp³-hybridized carbons (Fsp3) is 0.286. The molecule has 3 rings (SSSR count). The fourth-order valence-electron chi connectivity index (χ4n) is 3.19. The molecule has 1 unspecified atom stereocenters. The van der Waals surface area contributed by atoms with Crippen molar-refractivity contribution in [3.05, 3.63) is 53.8 Å². The number of carbonyl (C=O) groups is 2. The molecule has 2 aromatic rings. The van der Waals surface area contributed by atoms with Crippen LogP contribution >= 0.6 is 0 Å². The maximum Gasteiger partial charge on any atom is 0.387 e. The third-order valence-electron chi connectivity index (χ3n) is 4.74. The van der Waals surface area contributed by atoms with Crippen molar-refractivity contribution in [3.8, 4) is 11.5 Å². The molecule has 1 aliphatic rings. The first-order chi connectivity index (χ1) is 15.3. The number of halogens is 3. The Morgan fingerprint density at radius 1 is 1.22 bits per heavy atom. The van der Waals surface area contributed by atoms with Crippen LogP contribution in [0.4, 0.5) is 18.9 Å². The van der Waals surface area contributed by atoms with Crippen molar-refractivity contribution in [2.24, 2.45) is 10.8 Å². The lowest BCUT2D eigenvalue weighted by atomic mass is 10.1. The quantitative estimate of drug-likeness (QED) is 0.609. The van der Waals surface area contributed by atoms with Gasteiger partial charge in [0.25, 0.3) is 5.91 Å². The number of hydrogen-bond acceptors (Lipinski definition) is 6. The van der Waals surface area contributed by atoms with Crippen molar-refractivity contribution in [1.29, 1.82) is 0 Å². The Morgan fingerprint density at radius 3 is 2.56 bits per heavy atom. The van der Waals surface area contributed by atoms with Gasteiger partial charge in [0.15, 0.2) is 11.5 Å². The Kier molecular flexibility index (Phi) is 7.18. The monoisotopic (exact) mass is 450 g/mol. The summed E-state index contributed by atoms with van der Waals surface area (Å²) in [5.74, 6) is -1.57. The van der Waals surface area contributed by atoms with Crippen molar-refractivity contribution in [3.63, 3.8) is 0 Å². The minimum atomic E-state index is -3.00. The number of carbonyl (C=O) groups excluding carboxylic acids is 2. The van der Waals surface area contributed by atoms with E-state index in [0.29, 0.717) is 17.7 Å². The van der Waals surface area contributed by atoms with Crippen LogP contribution in [0.25, 0.3) is 0 Å². The average molecular weight is 450 g/mol. The van der Waals surface area contributed by atoms with E-state index in [2.05, 4.69) is 15.2 Å². The first kappa shape index (κ1) is 22.9. The lowest BCUT2D eigenvalue weighted by Gasteiger charge is -2.20. The highest BCUT2D eigenvalue weighted by Gasteiger charge is 2.34. The molecule has 0 bridgehead atoms. The first-order valence-corrected chi connectivity index (χ1v) is 9.60. The number of nitrogens with two attached hydrogens (primary N) is 1. The van der Waals surface area contributed by atoms with E-state index in [1.165, 1.54) is 48.5 Å². The first-order valence-electron chi connectivity index (χ1n) is 9.60. The molecular weight excluding hydrogens is 429 g/mol. The highest BCUT2D eigenvalue weighted by molar-refractivity contribution is 6.40. The second-order valence-electron chi connectivity index (χ2n) is 6.86. The van der Waals surface area contributed by atoms with Gasteiger partial charge in [-0.1, -0.05) is 6.07 Å². The van der Waals surface area contributed by atoms with E-state index in [-0.39, 0.29) is 30.2 Å². The standard InChI is InChI=1S/C21H21F3N4O4/c1-31-17-7-2-12(10-18(17)32-21(23)24)8-9-26-20(30)15-11-16(19(25)29)28(27-15)14-5-3-13(22)4-6-14/h2-7,10,16,21H,8-9,11H2,1H3,(H2,25,29)(H,26,30). The van der Waals surface area contributed by atoms with E-state index >= 15 is 0 Å². The van der Waals surface area contributed by atoms with Gasteiger partial charge >= 0.3 is 6.61 Å². The summed E-state index contributed by atoms with van der Waals surface area (Å²) in [6, 6.07) is 8.96. The molecule has 0 radical (unpaired) electrons. The number of benzene rings is 2. The normalized spacial score (nSPS) is 15.5. The largest absolute Gasteiger partial charge is 0.493 e. The predicted molar refractivity (Wildman–Crippen MR) is 110 cm³/mol. The molecule has 32 heavy (non-hydrogen) atoms. The highest BCUT2D eigenvalue weighted by atomic mass is 19.3. The summed E-state index contributed by atoms with van der Waals surface area (Å²) in [5.41, 5.74) is 6.58. The van der Waals surface area contributed by atoms with Crippen LogP contribution in [0.2, 0.25) is 0 Å². The van der Waals surface area contributed by atoms with Gasteiger partial charge in [0, 0.05) is 13.0 Å². The van der Waals surface area contributed by atoms with Crippen LogP contribution in [0.1, 0.15) is 12.0 Å². The summed E-state index contributed by atoms with van der Waals surface area (Å²) in [4.78, 5) is 24.3. The SMILES string of the molecule is COc1ccc(CCNC(=O)C2=NN(c3ccc(F)cc3)C(C(N)=O)C2)cc1OC(F)F. The minimum absolute atomic E-state index is 0.00649. The van der Waals surface area contributed by atoms with E-state index < -0.39 is 30.3 Å². The maximum atomic E-state index is 13.2. The van der Waals surface area contributed by atoms with Crippen molar-refractivity contribution >= 4 is 23.2 Å². The number of hydrogen-bond donors (Lipinski definition) is 2. The lowest BCUT2D eigenvalue weighted by Crippen LogP contribution is -2.40. The molecule has 0 fully saturated rings. The van der Waals surface area contributed by atoms with Gasteiger partial charge in [-0.25, -0.2) is 4.39 Å². The Hall–Kier alpha value is -3.76. The Morgan fingerprint density at radius 2 is 1.94 bits per heavy atom. The van der Waals surface area contributed by atoms with Gasteiger partial charge in [0.1, 0.15) is 17.6 Å². The zero-order valence-corrected chi connectivity index (χ0v) is 17.1. The van der Waals surface area contributed by atoms with Crippen molar-refractivity contribution in [2.75, 3.05) is 18.7 Å². The van der Waals surface area contributed by atoms with Gasteiger partial charge < -0.3 is 20.5 Å². The summed E-state index contributed by atoms with van der Waals surface area (Å²) in [5, 5.41) is 8.14. The van der Waals surface area contributed by atoms with Gasteiger partial charge in [0.2, 0.25) is 5.91 Å². The number of anilines is 1. The number of nitrogens with zero attached hydrogens (tertiary/aromatic N) is 2. The lowest BCUT2D eigenvalue weighted by molar-refractivity contribution is -0.119. The molecule has 0 aromatic heterocycles. The zero-order valence-electron chi connectivity index (χ0n) is 17.1. The maximum absolute atomic E-state index is 13.2. The molecule has 0 aliphatic carbocycles. The summed E-state index contributed by atoms with van der Waals surface area (Å²) in [6.45, 7) is -2.82. The number of nitrogens with one attached hydrogen (secondary N) is 1. The van der Waals surface area contributed by atoms with Crippen LogP contribution in [-0.4, -0.2) is 43.8 Å². The van der Waals surface area contributed by atoms with Crippen LogP contribution in [0.5, 0.6) is 11.5 Å². The van der Waals surface area contributed by atoms with Crippen molar-refractivity contribution < 1.29 is 32.2 Å². The molecule has 11 heteroatoms. The van der Waals surface area contributed by atoms with Crippen LogP contribution in [0, 0.1) is 5.82 Å². The summed E-state index contributed by atoms with van der Waals surface area (Å²) in [6.07, 6.45) is 0.316. The van der Waals surface area contributed by atoms with E-state index in [0.717, 1.165) is 0 Å². The summed E-state index contributed by atoms with van der Waals surface area (Å²) >= 11 is 0. The van der Waals surface area contributed by atoms with Gasteiger partial charge in [-0.2, -0.15) is 13.9 Å². The van der Waals surface area contributed by atoms with Gasteiger partial charge in [-0.05, 0) is 48.4 Å². The molecule has 3 N–H and O–H groups in total. The van der Waals surface area contributed by atoms with Crippen molar-refractivity contribution in [2.45, 2.75) is 25.5 Å². The van der Waals surface area contributed by atoms with E-state index in [1.807, 2.05) is 0 Å². The molecule has 8 nitrogen and oxygen atoms in total. The van der Waals surface area contributed by atoms with Gasteiger partial charge in [0.05, 0.1) is 12.8 Å². The van der Waals surface area contributed by atoms with Crippen LogP contribution in [0.15, 0.2) is 47.6 Å². The third kappa shape index (κ3) is 5.48. The second-order valence-corrected chi connectivity index (χ2v) is 6.86. The summed E-state index contributed by atoms with van der Waals surface area (Å²) in [7, 11) is 1.34. The van der Waals surface area contributed by atoms with E-state index in [4.69, 9.17) is 10.5 Å². The van der Waals surface area contributed by atoms with Gasteiger partial charge in [-0.3, -0.25) is 14.6 Å². The number of ether oxygens (including phenoxy) is 2. The van der Waals surface area contributed by atoms with E-state index in [9.17, 15) is 22.8 Å². The number of primary amides is 1. The smallest absolute Gasteiger partial charge is 0.387 e. The molecule has 1 heterocycles. The molecule has 0 spiro atoms. The Labute approximate surface area is 181 Å². The number of rotatable bonds is 9. The molecular formula is C21H21F3N4O4. The van der Waals surface area contributed by atoms with Crippen LogP contribution in [0.3, 0.4) is 0 Å². The fourth-order valence-corrected chi connectivity index (χ4v) is 3.19. The molecule has 1 atom stereocenters. The molecule has 0 saturated carbocycles. The Bertz CT molecular complexity index is 1010. The molecule has 2 aromatic carbocycles. The highest BCUT2D eigenvalue weighted by Crippen LogP contribution is 2.29. The molecule has 0 saturated heterocycles. The van der Waals surface area contributed by atoms with Crippen molar-refractivity contribution in [1.82, 2.24) is 5.32 Å². The molecule has 2 amide bonds. The zero-order chi connectivity index (χ0) is 23.3. The summed E-state index contributed by atoms with van der Waals surface area (Å²) < 4.78 is 47.7. The third-order valence-corrected chi connectivity index (χ3v) is 4.74. The Balaban J connectivity index is 1.64. The van der Waals surface area contributed by atoms with Crippen LogP contribution in [-0.2, 0) is 16.0 Å². The number of amides is 2. The average Bonchev–Trinajstić information content (AvgIpc) is 3.20.